The topological polar surface area (TPSA) is 112 Å². The van der Waals surface area contributed by atoms with Crippen LogP contribution in [-0.4, -0.2) is 32.6 Å². The molecule has 0 fully saturated rings. The molecule has 0 atom stereocenters. The van der Waals surface area contributed by atoms with E-state index < -0.39 is 5.91 Å². The molecule has 2 rings (SSSR count). The Hall–Kier alpha value is -2.22. The number of hydrogen-bond acceptors (Lipinski definition) is 6. The van der Waals surface area contributed by atoms with Crippen molar-refractivity contribution in [2.75, 3.05) is 11.9 Å². The van der Waals surface area contributed by atoms with Gasteiger partial charge in [-0.15, -0.1) is 5.10 Å². The van der Waals surface area contributed by atoms with E-state index in [0.717, 1.165) is 0 Å². The van der Waals surface area contributed by atoms with E-state index in [1.165, 1.54) is 23.2 Å². The van der Waals surface area contributed by atoms with Gasteiger partial charge in [-0.1, -0.05) is 10.4 Å². The first-order valence-electron chi connectivity index (χ1n) is 4.61. The molecular weight excluding hydrogens is 212 g/mol. The molecule has 1 amide bonds. The highest BCUT2D eigenvalue weighted by Gasteiger charge is 2.11. The lowest BCUT2D eigenvalue weighted by Crippen LogP contribution is -2.13. The molecule has 8 nitrogen and oxygen atoms in total. The molecule has 0 saturated heterocycles. The van der Waals surface area contributed by atoms with Gasteiger partial charge in [0.25, 0.3) is 5.91 Å². The summed E-state index contributed by atoms with van der Waals surface area (Å²) < 4.78 is 6.07. The number of nitrogens with two attached hydrogens (primary N) is 1. The summed E-state index contributed by atoms with van der Waals surface area (Å²) in [6.07, 6.45) is 2.88. The van der Waals surface area contributed by atoms with E-state index in [4.69, 9.17) is 5.73 Å². The summed E-state index contributed by atoms with van der Waals surface area (Å²) in [7, 11) is 0. The van der Waals surface area contributed by atoms with Gasteiger partial charge in [0, 0.05) is 12.6 Å². The number of nitrogens with one attached hydrogen (secondary N) is 1. The lowest BCUT2D eigenvalue weighted by atomic mass is 10.4. The van der Waals surface area contributed by atoms with Gasteiger partial charge in [-0.3, -0.25) is 9.48 Å². The van der Waals surface area contributed by atoms with Crippen molar-refractivity contribution >= 4 is 11.7 Å². The molecule has 16 heavy (non-hydrogen) atoms. The Labute approximate surface area is 90.4 Å². The van der Waals surface area contributed by atoms with Crippen molar-refractivity contribution in [2.24, 2.45) is 5.73 Å². The Morgan fingerprint density at radius 3 is 3.19 bits per heavy atom. The second-order valence-electron chi connectivity index (χ2n) is 2.99. The van der Waals surface area contributed by atoms with E-state index in [2.05, 4.69) is 25.3 Å². The molecule has 8 heteroatoms. The SMILES string of the molecule is NCCn1cc(C(=O)Nc2ccon2)nn1. The van der Waals surface area contributed by atoms with Crippen LogP contribution in [0, 0.1) is 0 Å². The van der Waals surface area contributed by atoms with Crippen molar-refractivity contribution in [3.8, 4) is 0 Å². The lowest BCUT2D eigenvalue weighted by Gasteiger charge is -1.95. The van der Waals surface area contributed by atoms with Gasteiger partial charge >= 0.3 is 0 Å². The molecular formula is C8H10N6O2. The molecule has 84 valence electrons. The summed E-state index contributed by atoms with van der Waals surface area (Å²) in [5.41, 5.74) is 5.55. The molecule has 0 bridgehead atoms. The van der Waals surface area contributed by atoms with E-state index in [1.807, 2.05) is 0 Å². The second kappa shape index (κ2) is 4.53. The minimum absolute atomic E-state index is 0.205. The number of hydrogen-bond donors (Lipinski definition) is 2. The van der Waals surface area contributed by atoms with E-state index >= 15 is 0 Å². The Morgan fingerprint density at radius 2 is 2.50 bits per heavy atom. The van der Waals surface area contributed by atoms with Crippen LogP contribution in [0.5, 0.6) is 0 Å². The molecule has 0 aliphatic rings. The minimum atomic E-state index is -0.392. The summed E-state index contributed by atoms with van der Waals surface area (Å²) >= 11 is 0. The fourth-order valence-electron chi connectivity index (χ4n) is 1.10. The van der Waals surface area contributed by atoms with Crippen LogP contribution in [-0.2, 0) is 6.54 Å². The van der Waals surface area contributed by atoms with Crippen LogP contribution in [0.25, 0.3) is 0 Å². The van der Waals surface area contributed by atoms with E-state index in [-0.39, 0.29) is 5.69 Å². The van der Waals surface area contributed by atoms with Crippen molar-refractivity contribution in [1.29, 1.82) is 0 Å². The molecule has 2 heterocycles. The minimum Gasteiger partial charge on any atom is -0.363 e. The molecule has 2 aromatic heterocycles. The van der Waals surface area contributed by atoms with Crippen LogP contribution in [0.3, 0.4) is 0 Å². The van der Waals surface area contributed by atoms with Crippen LogP contribution >= 0.6 is 0 Å². The number of carbonyl (C=O) groups excluding carboxylic acids is 1. The van der Waals surface area contributed by atoms with Crippen molar-refractivity contribution in [3.63, 3.8) is 0 Å². The van der Waals surface area contributed by atoms with E-state index in [1.54, 1.807) is 0 Å². The zero-order chi connectivity index (χ0) is 11.4. The number of nitrogens with zero attached hydrogens (tertiary/aromatic N) is 4. The van der Waals surface area contributed by atoms with Gasteiger partial charge in [0.05, 0.1) is 12.7 Å². The van der Waals surface area contributed by atoms with Gasteiger partial charge < -0.3 is 15.6 Å². The number of rotatable bonds is 4. The van der Waals surface area contributed by atoms with Crippen molar-refractivity contribution in [3.05, 3.63) is 24.2 Å². The van der Waals surface area contributed by atoms with Crippen molar-refractivity contribution in [1.82, 2.24) is 20.2 Å². The summed E-state index contributed by atoms with van der Waals surface area (Å²) in [6.45, 7) is 0.956. The van der Waals surface area contributed by atoms with Gasteiger partial charge in [0.1, 0.15) is 6.26 Å². The zero-order valence-corrected chi connectivity index (χ0v) is 8.33. The first kappa shape index (κ1) is 10.3. The predicted molar refractivity (Wildman–Crippen MR) is 53.5 cm³/mol. The molecule has 0 radical (unpaired) electrons. The highest BCUT2D eigenvalue weighted by atomic mass is 16.5. The average molecular weight is 222 g/mol. The zero-order valence-electron chi connectivity index (χ0n) is 8.33. The monoisotopic (exact) mass is 222 g/mol. The second-order valence-corrected chi connectivity index (χ2v) is 2.99. The normalized spacial score (nSPS) is 10.3. The van der Waals surface area contributed by atoms with E-state index in [9.17, 15) is 4.79 Å². The molecule has 0 aliphatic heterocycles. The smallest absolute Gasteiger partial charge is 0.279 e. The third-order valence-electron chi connectivity index (χ3n) is 1.81. The molecule has 2 aromatic rings. The Morgan fingerprint density at radius 1 is 1.62 bits per heavy atom. The fraction of sp³-hybridized carbons (Fsp3) is 0.250. The van der Waals surface area contributed by atoms with Crippen LogP contribution in [0.1, 0.15) is 10.5 Å². The lowest BCUT2D eigenvalue weighted by molar-refractivity contribution is 0.102. The van der Waals surface area contributed by atoms with Gasteiger partial charge in [-0.25, -0.2) is 0 Å². The van der Waals surface area contributed by atoms with Gasteiger partial charge in [-0.05, 0) is 0 Å². The highest BCUT2D eigenvalue weighted by molar-refractivity contribution is 6.01. The third kappa shape index (κ3) is 2.23. The first-order chi connectivity index (χ1) is 7.79. The Kier molecular flexibility index (Phi) is 2.92. The Bertz CT molecular complexity index is 463. The fourth-order valence-corrected chi connectivity index (χ4v) is 1.10. The molecule has 0 aromatic carbocycles. The number of carbonyl (C=O) groups is 1. The largest absolute Gasteiger partial charge is 0.363 e. The standard InChI is InChI=1S/C8H10N6O2/c9-2-3-14-5-6(11-13-14)8(15)10-7-1-4-16-12-7/h1,4-5H,2-3,9H2,(H,10,12,15). The maximum Gasteiger partial charge on any atom is 0.279 e. The first-order valence-corrected chi connectivity index (χ1v) is 4.61. The summed E-state index contributed by atoms with van der Waals surface area (Å²) in [4.78, 5) is 11.6. The third-order valence-corrected chi connectivity index (χ3v) is 1.81. The summed E-state index contributed by atoms with van der Waals surface area (Å²) in [5.74, 6) is -0.0597. The molecule has 3 N–H and O–H groups in total. The average Bonchev–Trinajstić information content (AvgIpc) is 2.89. The van der Waals surface area contributed by atoms with Gasteiger partial charge in [-0.2, -0.15) is 0 Å². The predicted octanol–water partition coefficient (Wildman–Crippen LogP) is -0.523. The number of amides is 1. The molecule has 0 saturated carbocycles. The van der Waals surface area contributed by atoms with Crippen LogP contribution in [0.2, 0.25) is 0 Å². The van der Waals surface area contributed by atoms with Crippen LogP contribution < -0.4 is 11.1 Å². The summed E-state index contributed by atoms with van der Waals surface area (Å²) in [5, 5.41) is 13.5. The maximum absolute atomic E-state index is 11.6. The van der Waals surface area contributed by atoms with Gasteiger partial charge in [0.15, 0.2) is 11.5 Å². The van der Waals surface area contributed by atoms with Crippen molar-refractivity contribution < 1.29 is 9.32 Å². The van der Waals surface area contributed by atoms with Crippen molar-refractivity contribution in [2.45, 2.75) is 6.54 Å². The quantitative estimate of drug-likeness (QED) is 0.719. The Balaban J connectivity index is 2.03. The molecule has 0 aliphatic carbocycles. The van der Waals surface area contributed by atoms with Gasteiger partial charge in [0.2, 0.25) is 0 Å². The highest BCUT2D eigenvalue weighted by Crippen LogP contribution is 2.03. The number of anilines is 1. The van der Waals surface area contributed by atoms with Crippen LogP contribution in [0.4, 0.5) is 5.82 Å². The maximum atomic E-state index is 11.6. The summed E-state index contributed by atoms with van der Waals surface area (Å²) in [6, 6.07) is 1.53. The van der Waals surface area contributed by atoms with E-state index in [0.29, 0.717) is 18.9 Å². The molecule has 0 unspecified atom stereocenters. The molecule has 0 spiro atoms. The van der Waals surface area contributed by atoms with Crippen LogP contribution in [0.15, 0.2) is 23.0 Å². The number of aromatic nitrogens is 4.